The summed E-state index contributed by atoms with van der Waals surface area (Å²) in [6.45, 7) is 9.26. The zero-order valence-corrected chi connectivity index (χ0v) is 12.0. The molecule has 0 bridgehead atoms. The molecule has 5 heteroatoms. The molecule has 0 atom stereocenters. The van der Waals surface area contributed by atoms with Gasteiger partial charge in [0.25, 0.3) is 0 Å². The van der Waals surface area contributed by atoms with Crippen molar-refractivity contribution in [2.75, 3.05) is 33.4 Å². The molecule has 1 N–H and O–H groups in total. The number of piperidine rings is 1. The predicted molar refractivity (Wildman–Crippen MR) is 70.4 cm³/mol. The number of likely N-dealkylation sites (N-methyl/N-ethyl adjacent to an activating group) is 1. The van der Waals surface area contributed by atoms with Gasteiger partial charge in [-0.3, -0.25) is 9.80 Å². The Morgan fingerprint density at radius 3 is 2.44 bits per heavy atom. The van der Waals surface area contributed by atoms with Crippen molar-refractivity contribution in [3.8, 4) is 0 Å². The molecule has 2 aliphatic rings. The highest BCUT2D eigenvalue weighted by atomic mass is 16.6. The van der Waals surface area contributed by atoms with Gasteiger partial charge in [0, 0.05) is 12.1 Å². The monoisotopic (exact) mass is 255 g/mol. The molecule has 0 aromatic carbocycles. The van der Waals surface area contributed by atoms with Gasteiger partial charge in [0.05, 0.1) is 6.67 Å². The van der Waals surface area contributed by atoms with E-state index in [2.05, 4.69) is 17.3 Å². The molecule has 1 amide bonds. The van der Waals surface area contributed by atoms with Crippen LogP contribution in [0.4, 0.5) is 4.79 Å². The first-order valence-corrected chi connectivity index (χ1v) is 6.72. The Bertz CT molecular complexity index is 319. The van der Waals surface area contributed by atoms with Gasteiger partial charge in [-0.05, 0) is 53.8 Å². The largest absolute Gasteiger partial charge is 0.444 e. The van der Waals surface area contributed by atoms with Crippen LogP contribution in [0, 0.1) is 0 Å². The third-order valence-corrected chi connectivity index (χ3v) is 3.86. The molecule has 0 aromatic rings. The number of amides is 1. The van der Waals surface area contributed by atoms with Crippen molar-refractivity contribution >= 4 is 6.09 Å². The second-order valence-corrected chi connectivity index (χ2v) is 6.49. The van der Waals surface area contributed by atoms with E-state index in [1.807, 2.05) is 25.7 Å². The molecular formula is C13H25N3O2. The Hall–Kier alpha value is -0.810. The van der Waals surface area contributed by atoms with Crippen molar-refractivity contribution in [2.24, 2.45) is 0 Å². The molecule has 104 valence electrons. The van der Waals surface area contributed by atoms with Crippen LogP contribution in [-0.2, 0) is 4.74 Å². The lowest BCUT2D eigenvalue weighted by atomic mass is 9.88. The van der Waals surface area contributed by atoms with Gasteiger partial charge in [0.2, 0.25) is 0 Å². The molecule has 2 rings (SSSR count). The Kier molecular flexibility index (Phi) is 3.56. The lowest BCUT2D eigenvalue weighted by Crippen LogP contribution is -2.51. The minimum Gasteiger partial charge on any atom is -0.444 e. The lowest BCUT2D eigenvalue weighted by molar-refractivity contribution is 0.0270. The van der Waals surface area contributed by atoms with Crippen LogP contribution in [0.5, 0.6) is 0 Å². The van der Waals surface area contributed by atoms with E-state index >= 15 is 0 Å². The third kappa shape index (κ3) is 2.78. The molecule has 2 fully saturated rings. The maximum atomic E-state index is 12.1. The Labute approximate surface area is 109 Å². The number of carbonyl (C=O) groups is 1. The first kappa shape index (κ1) is 13.6. The van der Waals surface area contributed by atoms with Crippen molar-refractivity contribution in [3.05, 3.63) is 0 Å². The van der Waals surface area contributed by atoms with Crippen LogP contribution in [0.25, 0.3) is 0 Å². The summed E-state index contributed by atoms with van der Waals surface area (Å²) in [7, 11) is 2.11. The normalized spacial score (nSPS) is 24.6. The minimum absolute atomic E-state index is 0.155. The van der Waals surface area contributed by atoms with E-state index < -0.39 is 5.60 Å². The molecule has 2 saturated heterocycles. The number of hydrogen-bond acceptors (Lipinski definition) is 4. The quantitative estimate of drug-likeness (QED) is 0.707. The second-order valence-electron chi connectivity index (χ2n) is 6.49. The Morgan fingerprint density at radius 2 is 1.89 bits per heavy atom. The van der Waals surface area contributed by atoms with Gasteiger partial charge in [-0.25, -0.2) is 4.79 Å². The van der Waals surface area contributed by atoms with Crippen molar-refractivity contribution in [3.63, 3.8) is 0 Å². The average Bonchev–Trinajstić information content (AvgIpc) is 2.56. The van der Waals surface area contributed by atoms with Gasteiger partial charge < -0.3 is 10.1 Å². The van der Waals surface area contributed by atoms with Crippen LogP contribution in [-0.4, -0.2) is 60.4 Å². The van der Waals surface area contributed by atoms with Gasteiger partial charge in [-0.2, -0.15) is 0 Å². The topological polar surface area (TPSA) is 44.8 Å². The van der Waals surface area contributed by atoms with Gasteiger partial charge >= 0.3 is 6.09 Å². The maximum absolute atomic E-state index is 12.1. The minimum atomic E-state index is -0.417. The Morgan fingerprint density at radius 1 is 1.28 bits per heavy atom. The summed E-state index contributed by atoms with van der Waals surface area (Å²) in [5.41, 5.74) is -0.262. The number of nitrogens with zero attached hydrogens (tertiary/aromatic N) is 2. The standard InChI is InChI=1S/C13H25N3O2/c1-12(2,3)18-11(17)16-9-13(15(4)10-16)5-7-14-8-6-13/h14H,5-10H2,1-4H3. The average molecular weight is 255 g/mol. The smallest absolute Gasteiger partial charge is 0.411 e. The van der Waals surface area contributed by atoms with E-state index in [1.54, 1.807) is 0 Å². The fourth-order valence-corrected chi connectivity index (χ4v) is 2.81. The summed E-state index contributed by atoms with van der Waals surface area (Å²) in [6, 6.07) is 0. The second kappa shape index (κ2) is 4.70. The van der Waals surface area contributed by atoms with Crippen LogP contribution in [0.2, 0.25) is 0 Å². The van der Waals surface area contributed by atoms with Crippen molar-refractivity contribution in [2.45, 2.75) is 44.8 Å². The highest BCUT2D eigenvalue weighted by Crippen LogP contribution is 2.32. The molecule has 0 aliphatic carbocycles. The number of hydrogen-bond donors (Lipinski definition) is 1. The van der Waals surface area contributed by atoms with E-state index in [0.717, 1.165) is 32.5 Å². The van der Waals surface area contributed by atoms with E-state index in [9.17, 15) is 4.79 Å². The Balaban J connectivity index is 1.99. The highest BCUT2D eigenvalue weighted by molar-refractivity contribution is 5.68. The van der Waals surface area contributed by atoms with Crippen LogP contribution in [0.15, 0.2) is 0 Å². The van der Waals surface area contributed by atoms with Crippen LogP contribution in [0.3, 0.4) is 0 Å². The highest BCUT2D eigenvalue weighted by Gasteiger charge is 2.45. The molecule has 2 aliphatic heterocycles. The molecular weight excluding hydrogens is 230 g/mol. The molecule has 1 spiro atoms. The number of nitrogens with one attached hydrogen (secondary N) is 1. The fourth-order valence-electron chi connectivity index (χ4n) is 2.81. The summed E-state index contributed by atoms with van der Waals surface area (Å²) in [5.74, 6) is 0. The van der Waals surface area contributed by atoms with E-state index in [4.69, 9.17) is 4.74 Å². The van der Waals surface area contributed by atoms with Crippen LogP contribution < -0.4 is 5.32 Å². The van der Waals surface area contributed by atoms with Crippen molar-refractivity contribution < 1.29 is 9.53 Å². The van der Waals surface area contributed by atoms with Crippen LogP contribution in [0.1, 0.15) is 33.6 Å². The van der Waals surface area contributed by atoms with Crippen molar-refractivity contribution in [1.29, 1.82) is 0 Å². The first-order chi connectivity index (χ1) is 8.32. The van der Waals surface area contributed by atoms with Crippen molar-refractivity contribution in [1.82, 2.24) is 15.1 Å². The zero-order chi connectivity index (χ0) is 13.4. The molecule has 0 saturated carbocycles. The molecule has 5 nitrogen and oxygen atoms in total. The van der Waals surface area contributed by atoms with Gasteiger partial charge in [-0.15, -0.1) is 0 Å². The van der Waals surface area contributed by atoms with Crippen LogP contribution >= 0.6 is 0 Å². The number of carbonyl (C=O) groups excluding carboxylic acids is 1. The number of rotatable bonds is 0. The predicted octanol–water partition coefficient (Wildman–Crippen LogP) is 1.25. The zero-order valence-electron chi connectivity index (χ0n) is 12.0. The van der Waals surface area contributed by atoms with E-state index in [0.29, 0.717) is 6.67 Å². The molecule has 0 aromatic heterocycles. The SMILES string of the molecule is CN1CN(C(=O)OC(C)(C)C)CC12CCNCC2. The summed E-state index contributed by atoms with van der Waals surface area (Å²) >= 11 is 0. The molecule has 18 heavy (non-hydrogen) atoms. The summed E-state index contributed by atoms with van der Waals surface area (Å²) < 4.78 is 5.45. The molecule has 0 unspecified atom stereocenters. The maximum Gasteiger partial charge on any atom is 0.411 e. The first-order valence-electron chi connectivity index (χ1n) is 6.72. The summed E-state index contributed by atoms with van der Waals surface area (Å²) in [5, 5.41) is 3.38. The number of ether oxygens (including phenoxy) is 1. The van der Waals surface area contributed by atoms with Gasteiger partial charge in [-0.1, -0.05) is 0 Å². The summed E-state index contributed by atoms with van der Waals surface area (Å²) in [4.78, 5) is 16.2. The third-order valence-electron chi connectivity index (χ3n) is 3.86. The van der Waals surface area contributed by atoms with E-state index in [-0.39, 0.29) is 11.6 Å². The molecule has 2 heterocycles. The molecule has 0 radical (unpaired) electrons. The van der Waals surface area contributed by atoms with E-state index in [1.165, 1.54) is 0 Å². The van der Waals surface area contributed by atoms with Gasteiger partial charge in [0.15, 0.2) is 0 Å². The lowest BCUT2D eigenvalue weighted by Gasteiger charge is -2.38. The van der Waals surface area contributed by atoms with Gasteiger partial charge in [0.1, 0.15) is 5.60 Å². The summed E-state index contributed by atoms with van der Waals surface area (Å²) in [6.07, 6.45) is 2.01. The fraction of sp³-hybridized carbons (Fsp3) is 0.923.